The molecule has 30 heavy (non-hydrogen) atoms. The average Bonchev–Trinajstić information content (AvgIpc) is 3.18. The summed E-state index contributed by atoms with van der Waals surface area (Å²) in [6, 6.07) is 10.1. The molecule has 1 aromatic carbocycles. The van der Waals surface area contributed by atoms with E-state index in [1.807, 2.05) is 10.3 Å². The van der Waals surface area contributed by atoms with Crippen molar-refractivity contribution >= 4 is 45.5 Å². The molecular weight excluding hydrogens is 418 g/mol. The van der Waals surface area contributed by atoms with Gasteiger partial charge in [0.15, 0.2) is 5.13 Å². The smallest absolute Gasteiger partial charge is 0.228 e. The number of piperazine rings is 1. The van der Waals surface area contributed by atoms with Crippen LogP contribution in [-0.2, 0) is 11.2 Å². The zero-order valence-corrected chi connectivity index (χ0v) is 18.6. The minimum atomic E-state index is 0.122. The molecule has 0 saturated carbocycles. The number of hydrogen-bond acceptors (Lipinski definition) is 6. The lowest BCUT2D eigenvalue weighted by molar-refractivity contribution is -0.130. The third kappa shape index (κ3) is 4.91. The molecule has 8 heteroatoms. The molecule has 2 aromatic heterocycles. The molecule has 1 aliphatic rings. The molecule has 1 fully saturated rings. The molecule has 6 nitrogen and oxygen atoms in total. The minimum Gasteiger partial charge on any atom is -0.368 e. The molecule has 0 spiro atoms. The summed E-state index contributed by atoms with van der Waals surface area (Å²) >= 11 is 7.32. The topological polar surface area (TPSA) is 61.4 Å². The van der Waals surface area contributed by atoms with E-state index in [4.69, 9.17) is 11.6 Å². The predicted molar refractivity (Wildman–Crippen MR) is 123 cm³/mol. The third-order valence-electron chi connectivity index (χ3n) is 5.18. The Balaban J connectivity index is 1.31. The summed E-state index contributed by atoms with van der Waals surface area (Å²) in [5, 5.41) is 6.37. The van der Waals surface area contributed by atoms with E-state index in [-0.39, 0.29) is 5.91 Å². The minimum absolute atomic E-state index is 0.122. The molecule has 1 amide bonds. The van der Waals surface area contributed by atoms with Crippen molar-refractivity contribution in [2.24, 2.45) is 0 Å². The molecule has 0 atom stereocenters. The maximum atomic E-state index is 12.8. The fourth-order valence-electron chi connectivity index (χ4n) is 3.53. The number of thiazole rings is 1. The van der Waals surface area contributed by atoms with Crippen LogP contribution in [0.5, 0.6) is 0 Å². The first kappa shape index (κ1) is 20.6. The summed E-state index contributed by atoms with van der Waals surface area (Å²) in [6.07, 6.45) is 1.90. The van der Waals surface area contributed by atoms with Gasteiger partial charge in [-0.15, -0.1) is 11.3 Å². The quantitative estimate of drug-likeness (QED) is 0.634. The predicted octanol–water partition coefficient (Wildman–Crippen LogP) is 4.44. The highest BCUT2D eigenvalue weighted by molar-refractivity contribution is 7.13. The Bertz CT molecular complexity index is 1030. The Morgan fingerprint density at radius 3 is 2.70 bits per heavy atom. The van der Waals surface area contributed by atoms with Gasteiger partial charge in [0.25, 0.3) is 0 Å². The van der Waals surface area contributed by atoms with Crippen molar-refractivity contribution in [3.8, 4) is 0 Å². The van der Waals surface area contributed by atoms with Crippen LogP contribution in [-0.4, -0.2) is 47.0 Å². The van der Waals surface area contributed by atoms with Crippen LogP contribution < -0.4 is 10.2 Å². The number of pyridine rings is 1. The fraction of sp³-hybridized carbons (Fsp3) is 0.318. The van der Waals surface area contributed by atoms with Gasteiger partial charge in [0, 0.05) is 43.4 Å². The van der Waals surface area contributed by atoms with Gasteiger partial charge in [-0.3, -0.25) is 4.79 Å². The maximum absolute atomic E-state index is 12.8. The van der Waals surface area contributed by atoms with E-state index in [1.165, 1.54) is 28.2 Å². The zero-order valence-electron chi connectivity index (χ0n) is 17.1. The summed E-state index contributed by atoms with van der Waals surface area (Å²) in [4.78, 5) is 25.8. The third-order valence-corrected chi connectivity index (χ3v) is 6.21. The standard InChI is InChI=1S/C22H24ClN5OS/c1-15-3-4-16(2)19(11-15)27-7-9-28(10-8-27)21(29)12-18-14-30-22(25-18)26-20-6-5-17(23)13-24-20/h3-6,11,13-14H,7-10,12H2,1-2H3,(H,24,25,26). The molecule has 1 N–H and O–H groups in total. The number of halogens is 1. The first-order valence-electron chi connectivity index (χ1n) is 9.91. The van der Waals surface area contributed by atoms with Gasteiger partial charge < -0.3 is 15.1 Å². The first-order chi connectivity index (χ1) is 14.5. The van der Waals surface area contributed by atoms with Crippen molar-refractivity contribution in [3.63, 3.8) is 0 Å². The lowest BCUT2D eigenvalue weighted by Gasteiger charge is -2.37. The lowest BCUT2D eigenvalue weighted by atomic mass is 10.1. The molecule has 3 heterocycles. The highest BCUT2D eigenvalue weighted by Crippen LogP contribution is 2.24. The molecule has 4 rings (SSSR count). The second-order valence-corrected chi connectivity index (χ2v) is 8.76. The second kappa shape index (κ2) is 9.02. The summed E-state index contributed by atoms with van der Waals surface area (Å²) in [6.45, 7) is 7.42. The van der Waals surface area contributed by atoms with Crippen LogP contribution in [0.15, 0.2) is 41.9 Å². The van der Waals surface area contributed by atoms with Crippen LogP contribution in [0.25, 0.3) is 0 Å². The maximum Gasteiger partial charge on any atom is 0.228 e. The van der Waals surface area contributed by atoms with Crippen molar-refractivity contribution in [3.05, 3.63) is 63.8 Å². The van der Waals surface area contributed by atoms with E-state index in [0.717, 1.165) is 31.9 Å². The molecule has 0 unspecified atom stereocenters. The number of carbonyl (C=O) groups excluding carboxylic acids is 1. The number of benzene rings is 1. The van der Waals surface area contributed by atoms with Crippen molar-refractivity contribution < 1.29 is 4.79 Å². The van der Waals surface area contributed by atoms with Crippen molar-refractivity contribution in [1.82, 2.24) is 14.9 Å². The van der Waals surface area contributed by atoms with Gasteiger partial charge in [-0.1, -0.05) is 23.7 Å². The number of carbonyl (C=O) groups is 1. The van der Waals surface area contributed by atoms with Crippen LogP contribution >= 0.6 is 22.9 Å². The highest BCUT2D eigenvalue weighted by atomic mass is 35.5. The van der Waals surface area contributed by atoms with Gasteiger partial charge in [0.2, 0.25) is 5.91 Å². The van der Waals surface area contributed by atoms with Crippen LogP contribution in [0.1, 0.15) is 16.8 Å². The van der Waals surface area contributed by atoms with Crippen molar-refractivity contribution in [2.75, 3.05) is 36.4 Å². The Kier molecular flexibility index (Phi) is 6.20. The Morgan fingerprint density at radius 2 is 1.97 bits per heavy atom. The summed E-state index contributed by atoms with van der Waals surface area (Å²) in [7, 11) is 0. The van der Waals surface area contributed by atoms with E-state index in [0.29, 0.717) is 22.4 Å². The molecule has 0 radical (unpaired) electrons. The van der Waals surface area contributed by atoms with Crippen molar-refractivity contribution in [1.29, 1.82) is 0 Å². The van der Waals surface area contributed by atoms with Gasteiger partial charge >= 0.3 is 0 Å². The van der Waals surface area contributed by atoms with Crippen molar-refractivity contribution in [2.45, 2.75) is 20.3 Å². The SMILES string of the molecule is Cc1ccc(C)c(N2CCN(C(=O)Cc3csc(Nc4ccc(Cl)cn4)n3)CC2)c1. The number of anilines is 3. The van der Waals surface area contributed by atoms with E-state index in [2.05, 4.69) is 52.2 Å². The Labute approximate surface area is 185 Å². The zero-order chi connectivity index (χ0) is 21.1. The average molecular weight is 442 g/mol. The number of rotatable bonds is 5. The Morgan fingerprint density at radius 1 is 1.17 bits per heavy atom. The fourth-order valence-corrected chi connectivity index (χ4v) is 4.36. The van der Waals surface area contributed by atoms with Crippen LogP contribution in [0.3, 0.4) is 0 Å². The number of nitrogens with zero attached hydrogens (tertiary/aromatic N) is 4. The molecule has 0 aliphatic carbocycles. The lowest BCUT2D eigenvalue weighted by Crippen LogP contribution is -2.49. The van der Waals surface area contributed by atoms with Crippen LogP contribution in [0.4, 0.5) is 16.6 Å². The largest absolute Gasteiger partial charge is 0.368 e. The monoisotopic (exact) mass is 441 g/mol. The van der Waals surface area contributed by atoms with Gasteiger partial charge in [-0.2, -0.15) is 0 Å². The second-order valence-electron chi connectivity index (χ2n) is 7.47. The molecular formula is C22H24ClN5OS. The number of aromatic nitrogens is 2. The van der Waals surface area contributed by atoms with E-state index >= 15 is 0 Å². The molecule has 3 aromatic rings. The number of amides is 1. The summed E-state index contributed by atoms with van der Waals surface area (Å²) in [5.74, 6) is 0.797. The number of nitrogens with one attached hydrogen (secondary N) is 1. The first-order valence-corrected chi connectivity index (χ1v) is 11.2. The number of hydrogen-bond donors (Lipinski definition) is 1. The van der Waals surface area contributed by atoms with E-state index in [1.54, 1.807) is 18.3 Å². The normalized spacial score (nSPS) is 14.1. The summed E-state index contributed by atoms with van der Waals surface area (Å²) in [5.41, 5.74) is 4.58. The van der Waals surface area contributed by atoms with Gasteiger partial charge in [0.1, 0.15) is 5.82 Å². The molecule has 1 saturated heterocycles. The molecule has 156 valence electrons. The summed E-state index contributed by atoms with van der Waals surface area (Å²) < 4.78 is 0. The van der Waals surface area contributed by atoms with Gasteiger partial charge in [-0.25, -0.2) is 9.97 Å². The van der Waals surface area contributed by atoms with Gasteiger partial charge in [-0.05, 0) is 43.2 Å². The number of aryl methyl sites for hydroxylation is 2. The molecule has 1 aliphatic heterocycles. The molecule has 0 bridgehead atoms. The highest BCUT2D eigenvalue weighted by Gasteiger charge is 2.23. The van der Waals surface area contributed by atoms with Gasteiger partial charge in [0.05, 0.1) is 17.1 Å². The van der Waals surface area contributed by atoms with Crippen LogP contribution in [0, 0.1) is 13.8 Å². The Hall–Kier alpha value is -2.64. The van der Waals surface area contributed by atoms with E-state index < -0.39 is 0 Å². The van der Waals surface area contributed by atoms with Crippen LogP contribution in [0.2, 0.25) is 5.02 Å². The van der Waals surface area contributed by atoms with E-state index in [9.17, 15) is 4.79 Å².